The van der Waals surface area contributed by atoms with Crippen LogP contribution in [0.2, 0.25) is 0 Å². The number of hydrogen-bond donors (Lipinski definition) is 0. The summed E-state index contributed by atoms with van der Waals surface area (Å²) in [6.07, 6.45) is 0. The van der Waals surface area contributed by atoms with E-state index in [1.165, 1.54) is 0 Å². The van der Waals surface area contributed by atoms with Crippen LogP contribution in [0.25, 0.3) is 98.8 Å². The summed E-state index contributed by atoms with van der Waals surface area (Å²) in [7, 11) is 0. The first-order chi connectivity index (χ1) is 31.0. The quantitative estimate of drug-likeness (QED) is 0.175. The molecule has 1 heterocycles. The topological polar surface area (TPSA) is 13.1 Å². The Hall–Kier alpha value is -6.44. The molecule has 49 heavy (non-hydrogen) atoms. The third kappa shape index (κ3) is 4.40. The molecule has 10 aromatic rings. The van der Waals surface area contributed by atoms with E-state index >= 15 is 0 Å². The molecule has 0 atom stereocenters. The smallest absolute Gasteiger partial charge is 0.136 e. The lowest BCUT2D eigenvalue weighted by Crippen LogP contribution is -1.91. The molecule has 0 fully saturated rings. The number of fused-ring (bicyclic) bond motifs is 6. The second-order valence-corrected chi connectivity index (χ2v) is 11.6. The van der Waals surface area contributed by atoms with Gasteiger partial charge in [-0.15, -0.1) is 0 Å². The Morgan fingerprint density at radius 2 is 1.02 bits per heavy atom. The normalized spacial score (nSPS) is 16.2. The molecule has 228 valence electrons. The highest BCUT2D eigenvalue weighted by Crippen LogP contribution is 2.47. The molecule has 9 aromatic carbocycles. The molecule has 1 nitrogen and oxygen atoms in total. The summed E-state index contributed by atoms with van der Waals surface area (Å²) in [6, 6.07) is 16.4. The SMILES string of the molecule is [2H]c1c([2H])c([2H])c(-c2ccc3oc4cccc(-c5c6ccccc6c(-c6c([2H])c([2H])c(-c7c([2H])c([2H])c([2H])c8c([2H])c([2H])c([2H])c([2H])c78)c([2H])c6[2H])c6ccccc56)c4c3c2)c([2H])c1[2H]. The largest absolute Gasteiger partial charge is 0.456 e. The van der Waals surface area contributed by atoms with Crippen molar-refractivity contribution in [2.75, 3.05) is 0 Å². The van der Waals surface area contributed by atoms with Crippen molar-refractivity contribution < 1.29 is 26.3 Å². The first-order valence-electron chi connectivity index (χ1n) is 23.5. The van der Waals surface area contributed by atoms with Crippen LogP contribution < -0.4 is 0 Å². The van der Waals surface area contributed by atoms with Crippen molar-refractivity contribution in [3.8, 4) is 44.5 Å². The molecule has 10 rings (SSSR count). The summed E-state index contributed by atoms with van der Waals surface area (Å²) in [4.78, 5) is 0. The second kappa shape index (κ2) is 11.1. The lowest BCUT2D eigenvalue weighted by atomic mass is 9.84. The molecule has 1 heteroatoms. The fraction of sp³-hybridized carbons (Fsp3) is 0. The molecule has 0 N–H and O–H groups in total. The van der Waals surface area contributed by atoms with E-state index in [1.807, 2.05) is 54.6 Å². The van der Waals surface area contributed by atoms with Crippen molar-refractivity contribution in [2.24, 2.45) is 0 Å². The maximum absolute atomic E-state index is 9.55. The van der Waals surface area contributed by atoms with Gasteiger partial charge in [0.1, 0.15) is 11.2 Å². The van der Waals surface area contributed by atoms with E-state index in [1.54, 1.807) is 30.3 Å². The summed E-state index contributed by atoms with van der Waals surface area (Å²) in [6.45, 7) is 0. The Morgan fingerprint density at radius 1 is 0.367 bits per heavy atom. The van der Waals surface area contributed by atoms with Crippen LogP contribution >= 0.6 is 0 Å². The molecular weight excluding hydrogens is 593 g/mol. The molecule has 0 saturated heterocycles. The van der Waals surface area contributed by atoms with Crippen molar-refractivity contribution in [1.82, 2.24) is 0 Å². The predicted molar refractivity (Wildman–Crippen MR) is 208 cm³/mol. The average Bonchev–Trinajstić information content (AvgIpc) is 3.69. The fourth-order valence-corrected chi connectivity index (χ4v) is 6.84. The molecule has 0 spiro atoms. The zero-order valence-corrected chi connectivity index (χ0v) is 25.5. The van der Waals surface area contributed by atoms with Crippen molar-refractivity contribution in [1.29, 1.82) is 0 Å². The number of hydrogen-bond acceptors (Lipinski definition) is 1. The van der Waals surface area contributed by atoms with Crippen molar-refractivity contribution in [3.63, 3.8) is 0 Å². The van der Waals surface area contributed by atoms with Gasteiger partial charge < -0.3 is 4.42 Å². The second-order valence-electron chi connectivity index (χ2n) is 11.6. The van der Waals surface area contributed by atoms with E-state index in [0.717, 1.165) is 11.1 Å². The monoisotopic (exact) mass is 638 g/mol. The third-order valence-electron chi connectivity index (χ3n) is 8.92. The Balaban J connectivity index is 1.27. The van der Waals surface area contributed by atoms with E-state index in [4.69, 9.17) is 20.9 Å². The number of rotatable bonds is 4. The van der Waals surface area contributed by atoms with Gasteiger partial charge in [-0.1, -0.05) is 163 Å². The molecule has 0 aliphatic heterocycles. The highest BCUT2D eigenvalue weighted by atomic mass is 16.3. The maximum Gasteiger partial charge on any atom is 0.136 e. The summed E-state index contributed by atoms with van der Waals surface area (Å²) >= 11 is 0. The van der Waals surface area contributed by atoms with Gasteiger partial charge in [-0.2, -0.15) is 0 Å². The highest BCUT2D eigenvalue weighted by Gasteiger charge is 2.20. The minimum Gasteiger partial charge on any atom is -0.456 e. The van der Waals surface area contributed by atoms with Crippen LogP contribution in [0.5, 0.6) is 0 Å². The molecule has 0 aliphatic carbocycles. The first kappa shape index (κ1) is 16.1. The maximum atomic E-state index is 9.55. The van der Waals surface area contributed by atoms with Gasteiger partial charge in [0.2, 0.25) is 0 Å². The minimum atomic E-state index is -0.697. The van der Waals surface area contributed by atoms with Crippen LogP contribution in [0.15, 0.2) is 186 Å². The van der Waals surface area contributed by atoms with Crippen molar-refractivity contribution >= 4 is 54.3 Å². The molecule has 0 bridgehead atoms. The Kier molecular flexibility index (Phi) is 3.64. The lowest BCUT2D eigenvalue weighted by Gasteiger charge is -2.18. The van der Waals surface area contributed by atoms with Crippen LogP contribution in [0.3, 0.4) is 0 Å². The van der Waals surface area contributed by atoms with Crippen LogP contribution in [-0.2, 0) is 0 Å². The standard InChI is InChI=1S/C48H30O/c1-2-12-31(13-3-1)35-28-29-44-43(30-35)48-42(22-11-23-45(48)49-44)47-40-19-8-6-17-38(40)46(39-18-7-9-20-41(39)47)34-26-24-33(25-27-34)37-21-10-15-32-14-4-5-16-36(32)37/h1-30H/i1D,2D,3D,4D,5D,10D,12D,13D,14D,15D,16D,21D,24D,25D,26D,27D. The summed E-state index contributed by atoms with van der Waals surface area (Å²) in [5.41, 5.74) is 2.36. The van der Waals surface area contributed by atoms with Gasteiger partial charge in [-0.05, 0) is 95.0 Å². The van der Waals surface area contributed by atoms with Gasteiger partial charge in [-0.25, -0.2) is 0 Å². The van der Waals surface area contributed by atoms with Crippen LogP contribution in [0.4, 0.5) is 0 Å². The van der Waals surface area contributed by atoms with Crippen molar-refractivity contribution in [2.45, 2.75) is 0 Å². The number of furan rings is 1. The summed E-state index contributed by atoms with van der Waals surface area (Å²) in [5, 5.41) is 3.05. The summed E-state index contributed by atoms with van der Waals surface area (Å²) < 4.78 is 146. The average molecular weight is 639 g/mol. The highest BCUT2D eigenvalue weighted by molar-refractivity contribution is 6.25. The van der Waals surface area contributed by atoms with Crippen LogP contribution in [0.1, 0.15) is 21.9 Å². The third-order valence-corrected chi connectivity index (χ3v) is 8.92. The van der Waals surface area contributed by atoms with Gasteiger partial charge in [0.15, 0.2) is 0 Å². The first-order valence-corrected chi connectivity index (χ1v) is 15.5. The zero-order chi connectivity index (χ0) is 46.2. The lowest BCUT2D eigenvalue weighted by molar-refractivity contribution is 0.669. The summed E-state index contributed by atoms with van der Waals surface area (Å²) in [5.74, 6) is 0. The van der Waals surface area contributed by atoms with Crippen LogP contribution in [-0.4, -0.2) is 0 Å². The Labute approximate surface area is 306 Å². The van der Waals surface area contributed by atoms with Gasteiger partial charge in [-0.3, -0.25) is 0 Å². The molecule has 0 radical (unpaired) electrons. The van der Waals surface area contributed by atoms with Crippen LogP contribution in [0, 0.1) is 0 Å². The van der Waals surface area contributed by atoms with Gasteiger partial charge in [0, 0.05) is 10.8 Å². The zero-order valence-electron chi connectivity index (χ0n) is 41.5. The Bertz CT molecular complexity index is 3680. The van der Waals surface area contributed by atoms with Gasteiger partial charge in [0.25, 0.3) is 0 Å². The molecule has 0 unspecified atom stereocenters. The molecular formula is C48H30O. The van der Waals surface area contributed by atoms with E-state index < -0.39 is 95.7 Å². The molecule has 0 saturated carbocycles. The van der Waals surface area contributed by atoms with E-state index in [9.17, 15) is 5.48 Å². The van der Waals surface area contributed by atoms with Gasteiger partial charge in [0.05, 0.1) is 21.9 Å². The Morgan fingerprint density at radius 3 is 1.78 bits per heavy atom. The fourth-order valence-electron chi connectivity index (χ4n) is 6.84. The molecule has 1 aromatic heterocycles. The van der Waals surface area contributed by atoms with E-state index in [-0.39, 0.29) is 34.0 Å². The molecule has 0 aliphatic rings. The van der Waals surface area contributed by atoms with E-state index in [0.29, 0.717) is 54.6 Å². The minimum absolute atomic E-state index is 0.0426. The van der Waals surface area contributed by atoms with E-state index in [2.05, 4.69) is 0 Å². The van der Waals surface area contributed by atoms with Gasteiger partial charge >= 0.3 is 0 Å². The predicted octanol–water partition coefficient (Wildman–Crippen LogP) is 13.7. The molecule has 0 amide bonds. The number of benzene rings is 9. The van der Waals surface area contributed by atoms with Crippen molar-refractivity contribution in [3.05, 3.63) is 182 Å².